The van der Waals surface area contributed by atoms with E-state index < -0.39 is 23.0 Å². The number of carbonyl (C=O) groups excluding carboxylic acids is 2. The molecule has 9 nitrogen and oxygen atoms in total. The minimum Gasteiger partial charge on any atom is -0.462 e. The Kier molecular flexibility index (Phi) is 4.35. The minimum absolute atomic E-state index is 0.245. The van der Waals surface area contributed by atoms with Crippen LogP contribution in [0, 0.1) is 30.1 Å². The SMILES string of the molecule is Cc1nc(OCCC23CCC(C)(O2)C2C(=O)N(c4ccc5ccccc5c4C#N)C(=O)C23)n[nH]1. The van der Waals surface area contributed by atoms with Crippen molar-refractivity contribution in [3.05, 3.63) is 47.8 Å². The predicted octanol–water partition coefficient (Wildman–Crippen LogP) is 3.03. The number of nitrogens with one attached hydrogen (secondary N) is 1. The number of ether oxygens (including phenoxy) is 2. The number of carbonyl (C=O) groups is 2. The molecule has 172 valence electrons. The number of rotatable bonds is 5. The van der Waals surface area contributed by atoms with Gasteiger partial charge in [-0.3, -0.25) is 14.7 Å². The van der Waals surface area contributed by atoms with Crippen LogP contribution in [0.4, 0.5) is 5.69 Å². The van der Waals surface area contributed by atoms with Gasteiger partial charge >= 0.3 is 6.01 Å². The molecule has 0 spiro atoms. The number of aromatic nitrogens is 3. The second-order valence-electron chi connectivity index (χ2n) is 9.54. The van der Waals surface area contributed by atoms with Crippen LogP contribution in [0.25, 0.3) is 10.8 Å². The van der Waals surface area contributed by atoms with Crippen LogP contribution >= 0.6 is 0 Å². The van der Waals surface area contributed by atoms with Crippen molar-refractivity contribution >= 4 is 28.3 Å². The van der Waals surface area contributed by atoms with Gasteiger partial charge in [0.2, 0.25) is 11.8 Å². The zero-order valence-electron chi connectivity index (χ0n) is 18.9. The van der Waals surface area contributed by atoms with Crippen LogP contribution in [0.15, 0.2) is 36.4 Å². The lowest BCUT2D eigenvalue weighted by atomic mass is 9.67. The van der Waals surface area contributed by atoms with E-state index in [1.807, 2.05) is 37.3 Å². The molecular weight excluding hydrogens is 434 g/mol. The summed E-state index contributed by atoms with van der Waals surface area (Å²) in [7, 11) is 0. The number of H-pyrrole nitrogens is 1. The Morgan fingerprint density at radius 2 is 2.00 bits per heavy atom. The summed E-state index contributed by atoms with van der Waals surface area (Å²) in [6, 6.07) is 13.5. The molecule has 34 heavy (non-hydrogen) atoms. The number of aryl methyl sites for hydroxylation is 1. The lowest BCUT2D eigenvalue weighted by Gasteiger charge is -2.30. The Labute approximate surface area is 195 Å². The zero-order valence-corrected chi connectivity index (χ0v) is 18.9. The molecule has 3 aliphatic heterocycles. The molecular formula is C25H23N5O4. The van der Waals surface area contributed by atoms with E-state index in [4.69, 9.17) is 9.47 Å². The van der Waals surface area contributed by atoms with Crippen molar-refractivity contribution in [2.75, 3.05) is 11.5 Å². The quantitative estimate of drug-likeness (QED) is 0.585. The Hall–Kier alpha value is -3.77. The van der Waals surface area contributed by atoms with E-state index in [0.717, 1.165) is 10.8 Å². The molecule has 9 heteroatoms. The fourth-order valence-electron chi connectivity index (χ4n) is 6.11. The van der Waals surface area contributed by atoms with Crippen LogP contribution in [0.1, 0.15) is 37.6 Å². The second-order valence-corrected chi connectivity index (χ2v) is 9.54. The number of hydrogen-bond donors (Lipinski definition) is 1. The van der Waals surface area contributed by atoms with E-state index >= 15 is 0 Å². The van der Waals surface area contributed by atoms with Gasteiger partial charge in [-0.05, 0) is 38.1 Å². The number of benzene rings is 2. The van der Waals surface area contributed by atoms with Gasteiger partial charge in [0.05, 0.1) is 40.9 Å². The van der Waals surface area contributed by atoms with Crippen molar-refractivity contribution in [3.63, 3.8) is 0 Å². The second kappa shape index (κ2) is 7.11. The van der Waals surface area contributed by atoms with Crippen LogP contribution in [0.2, 0.25) is 0 Å². The maximum absolute atomic E-state index is 13.8. The smallest absolute Gasteiger partial charge is 0.335 e. The third kappa shape index (κ3) is 2.75. The van der Waals surface area contributed by atoms with Crippen LogP contribution < -0.4 is 9.64 Å². The standard InChI is InChI=1S/C25H23N5O4/c1-14-27-23(29-28-14)33-12-11-25-10-9-24(2,34-25)19-20(25)22(32)30(21(19)31)18-8-7-15-5-3-4-6-16(15)17(18)13-26/h3-8,19-20H,9-12H2,1-2H3,(H,27,28,29). The molecule has 3 saturated heterocycles. The Balaban J connectivity index is 1.35. The van der Waals surface area contributed by atoms with Crippen LogP contribution in [-0.2, 0) is 14.3 Å². The summed E-state index contributed by atoms with van der Waals surface area (Å²) in [6.45, 7) is 3.96. The number of fused-ring (bicyclic) bond motifs is 6. The summed E-state index contributed by atoms with van der Waals surface area (Å²) in [5, 5.41) is 18.3. The number of nitrogens with zero attached hydrogens (tertiary/aromatic N) is 4. The van der Waals surface area contributed by atoms with Crippen LogP contribution in [-0.4, -0.2) is 44.8 Å². The van der Waals surface area contributed by atoms with Crippen LogP contribution in [0.5, 0.6) is 6.01 Å². The summed E-state index contributed by atoms with van der Waals surface area (Å²) in [5.74, 6) is -1.16. The Morgan fingerprint density at radius 1 is 1.21 bits per heavy atom. The number of anilines is 1. The third-order valence-corrected chi connectivity index (χ3v) is 7.60. The minimum atomic E-state index is -0.796. The molecule has 4 unspecified atom stereocenters. The topological polar surface area (TPSA) is 121 Å². The number of imide groups is 1. The summed E-state index contributed by atoms with van der Waals surface area (Å²) in [6.07, 6.45) is 1.79. The normalized spacial score (nSPS) is 29.6. The predicted molar refractivity (Wildman–Crippen MR) is 121 cm³/mol. The highest BCUT2D eigenvalue weighted by atomic mass is 16.5. The molecule has 2 aromatic carbocycles. The number of hydrogen-bond acceptors (Lipinski definition) is 7. The Bertz CT molecular complexity index is 1390. The van der Waals surface area contributed by atoms with E-state index in [1.165, 1.54) is 4.90 Å². The molecule has 0 aliphatic carbocycles. The molecule has 4 heterocycles. The van der Waals surface area contributed by atoms with Gasteiger partial charge in [-0.1, -0.05) is 30.3 Å². The fourth-order valence-corrected chi connectivity index (χ4v) is 6.11. The van der Waals surface area contributed by atoms with E-state index in [-0.39, 0.29) is 24.4 Å². The Morgan fingerprint density at radius 3 is 2.76 bits per heavy atom. The highest BCUT2D eigenvalue weighted by Gasteiger charge is 2.74. The summed E-state index contributed by atoms with van der Waals surface area (Å²) in [5.41, 5.74) is -0.848. The summed E-state index contributed by atoms with van der Waals surface area (Å²) >= 11 is 0. The van der Waals surface area contributed by atoms with Gasteiger partial charge in [-0.15, -0.1) is 5.10 Å². The molecule has 3 aromatic rings. The molecule has 3 fully saturated rings. The van der Waals surface area contributed by atoms with Gasteiger partial charge in [0.1, 0.15) is 11.9 Å². The molecule has 1 N–H and O–H groups in total. The first kappa shape index (κ1) is 20.8. The number of aromatic amines is 1. The van der Waals surface area contributed by atoms with Gasteiger partial charge in [-0.2, -0.15) is 10.2 Å². The van der Waals surface area contributed by atoms with Crippen LogP contribution in [0.3, 0.4) is 0 Å². The maximum Gasteiger partial charge on any atom is 0.335 e. The average molecular weight is 457 g/mol. The van der Waals surface area contributed by atoms with Crippen molar-refractivity contribution < 1.29 is 19.1 Å². The molecule has 2 amide bonds. The van der Waals surface area contributed by atoms with E-state index in [1.54, 1.807) is 13.0 Å². The first-order chi connectivity index (χ1) is 16.4. The largest absolute Gasteiger partial charge is 0.462 e. The summed E-state index contributed by atoms with van der Waals surface area (Å²) < 4.78 is 12.1. The van der Waals surface area contributed by atoms with E-state index in [2.05, 4.69) is 21.3 Å². The van der Waals surface area contributed by atoms with Gasteiger partial charge in [0.15, 0.2) is 0 Å². The van der Waals surface area contributed by atoms with Crippen molar-refractivity contribution in [2.24, 2.45) is 11.8 Å². The highest BCUT2D eigenvalue weighted by molar-refractivity contribution is 6.24. The number of amides is 2. The van der Waals surface area contributed by atoms with Gasteiger partial charge in [0, 0.05) is 11.8 Å². The third-order valence-electron chi connectivity index (χ3n) is 7.60. The lowest BCUT2D eigenvalue weighted by molar-refractivity contribution is -0.131. The van der Waals surface area contributed by atoms with Crippen molar-refractivity contribution in [3.8, 4) is 12.1 Å². The average Bonchev–Trinajstić information content (AvgIpc) is 3.53. The molecule has 2 bridgehead atoms. The fraction of sp³-hybridized carbons (Fsp3) is 0.400. The van der Waals surface area contributed by atoms with Gasteiger partial charge in [-0.25, -0.2) is 4.90 Å². The highest BCUT2D eigenvalue weighted by Crippen LogP contribution is 2.62. The molecule has 0 saturated carbocycles. The summed E-state index contributed by atoms with van der Waals surface area (Å²) in [4.78, 5) is 32.9. The van der Waals surface area contributed by atoms with E-state index in [0.29, 0.717) is 36.3 Å². The molecule has 6 rings (SSSR count). The first-order valence-electron chi connectivity index (χ1n) is 11.4. The van der Waals surface area contributed by atoms with Gasteiger partial charge < -0.3 is 9.47 Å². The zero-order chi connectivity index (χ0) is 23.7. The van der Waals surface area contributed by atoms with Crippen molar-refractivity contribution in [1.82, 2.24) is 15.2 Å². The first-order valence-corrected chi connectivity index (χ1v) is 11.4. The van der Waals surface area contributed by atoms with Crippen molar-refractivity contribution in [1.29, 1.82) is 5.26 Å². The molecule has 3 aliphatic rings. The lowest BCUT2D eigenvalue weighted by Crippen LogP contribution is -2.43. The van der Waals surface area contributed by atoms with Crippen molar-refractivity contribution in [2.45, 2.75) is 44.3 Å². The monoisotopic (exact) mass is 457 g/mol. The van der Waals surface area contributed by atoms with E-state index in [9.17, 15) is 14.9 Å². The molecule has 4 atom stereocenters. The van der Waals surface area contributed by atoms with Gasteiger partial charge in [0.25, 0.3) is 0 Å². The molecule has 1 aromatic heterocycles. The molecule has 0 radical (unpaired) electrons. The number of nitriles is 1. The maximum atomic E-state index is 13.8.